The van der Waals surface area contributed by atoms with Crippen LogP contribution in [0.25, 0.3) is 0 Å². The third kappa shape index (κ3) is 7.52. The zero-order chi connectivity index (χ0) is 35.6. The molecule has 3 aromatic carbocycles. The summed E-state index contributed by atoms with van der Waals surface area (Å²) < 4.78 is 53.6. The maximum Gasteiger partial charge on any atom is 0.411 e. The number of ether oxygens (including phenoxy) is 4. The van der Waals surface area contributed by atoms with Gasteiger partial charge in [0, 0.05) is 37.8 Å². The third-order valence-electron chi connectivity index (χ3n) is 9.87. The lowest BCUT2D eigenvalue weighted by Gasteiger charge is -2.42. The molecule has 12 nitrogen and oxygen atoms in total. The topological polar surface area (TPSA) is 118 Å². The molecule has 3 heterocycles. The number of fused-ring (bicyclic) bond motifs is 1. The van der Waals surface area contributed by atoms with E-state index in [9.17, 15) is 13.2 Å². The Hall–Kier alpha value is -3.75. The third-order valence-corrected chi connectivity index (χ3v) is 11.6. The fraction of sp³-hybridized carbons (Fsp3) is 0.459. The molecule has 0 saturated carbocycles. The average molecular weight is 780 g/mol. The lowest BCUT2D eigenvalue weighted by atomic mass is 9.86. The van der Waals surface area contributed by atoms with E-state index in [4.69, 9.17) is 18.9 Å². The predicted molar refractivity (Wildman–Crippen MR) is 203 cm³/mol. The molecular weight excluding hydrogens is 731 g/mol. The molecule has 2 fully saturated rings. The number of aryl methyl sites for hydroxylation is 1. The van der Waals surface area contributed by atoms with Crippen LogP contribution in [0.15, 0.2) is 65.6 Å². The van der Waals surface area contributed by atoms with Gasteiger partial charge in [-0.05, 0) is 88.3 Å². The van der Waals surface area contributed by atoms with Gasteiger partial charge in [0.05, 0.1) is 32.1 Å². The molecule has 0 radical (unpaired) electrons. The number of piperidine rings is 1. The lowest BCUT2D eigenvalue weighted by Crippen LogP contribution is -2.55. The highest BCUT2D eigenvalue weighted by molar-refractivity contribution is 7.93. The van der Waals surface area contributed by atoms with E-state index >= 15 is 4.79 Å². The first kappa shape index (κ1) is 41.0. The number of benzene rings is 3. The Labute approximate surface area is 318 Å². The zero-order valence-electron chi connectivity index (χ0n) is 30.2. The number of nitrogens with zero attached hydrogens (tertiary/aromatic N) is 4. The number of halogens is 2. The Bertz CT molecular complexity index is 1850. The number of piperazine rings is 1. The van der Waals surface area contributed by atoms with Crippen molar-refractivity contribution < 1.29 is 37.0 Å². The standard InChI is InChI=1S/C37H46N4O8S.2ClH/c1-6-23-48-32-10-8-7-9-29(32)37(49-36(43)40-21-19-39(20-22-40)27-15-17-38(3)18-16-27)30-25-28(46-4)12-13-31(30)41(35(37)42)50(44,45)34-14-11-26(2)24-33(34)47-5;;/h7-14,24-25,27H,6,15-23H2,1-5H3;2*1H. The Balaban J connectivity index is 0.00000302. The summed E-state index contributed by atoms with van der Waals surface area (Å²) in [6, 6.07) is 16.5. The Morgan fingerprint density at radius 2 is 1.56 bits per heavy atom. The van der Waals surface area contributed by atoms with Crippen molar-refractivity contribution in [1.29, 1.82) is 0 Å². The number of anilines is 1. The summed E-state index contributed by atoms with van der Waals surface area (Å²) in [7, 11) is 0.366. The smallest absolute Gasteiger partial charge is 0.411 e. The average Bonchev–Trinajstić information content (AvgIpc) is 3.38. The molecule has 284 valence electrons. The molecule has 3 aliphatic rings. The van der Waals surface area contributed by atoms with Gasteiger partial charge >= 0.3 is 6.09 Å². The predicted octanol–water partition coefficient (Wildman–Crippen LogP) is 5.47. The molecule has 6 rings (SSSR count). The molecule has 0 spiro atoms. The normalized spacial score (nSPS) is 19.7. The fourth-order valence-corrected chi connectivity index (χ4v) is 8.73. The molecule has 1 unspecified atom stereocenters. The van der Waals surface area contributed by atoms with Gasteiger partial charge in [-0.3, -0.25) is 9.69 Å². The number of methoxy groups -OCH3 is 2. The lowest BCUT2D eigenvalue weighted by molar-refractivity contribution is -0.132. The monoisotopic (exact) mass is 778 g/mol. The van der Waals surface area contributed by atoms with Crippen molar-refractivity contribution in [2.45, 2.75) is 49.6 Å². The molecule has 3 aliphatic heterocycles. The highest BCUT2D eigenvalue weighted by Gasteiger charge is 2.61. The summed E-state index contributed by atoms with van der Waals surface area (Å²) in [5.41, 5.74) is -1.08. The van der Waals surface area contributed by atoms with Crippen molar-refractivity contribution in [2.75, 3.05) is 71.4 Å². The van der Waals surface area contributed by atoms with Crippen molar-refractivity contribution >= 4 is 52.5 Å². The Morgan fingerprint density at radius 3 is 2.21 bits per heavy atom. The minimum atomic E-state index is -4.61. The van der Waals surface area contributed by atoms with Crippen LogP contribution in [-0.2, 0) is 25.2 Å². The number of hydrogen-bond donors (Lipinski definition) is 0. The summed E-state index contributed by atoms with van der Waals surface area (Å²) in [5, 5.41) is 0. The second-order valence-electron chi connectivity index (χ2n) is 13.1. The number of likely N-dealkylation sites (tertiary alicyclic amines) is 1. The van der Waals surface area contributed by atoms with Crippen LogP contribution in [0.3, 0.4) is 0 Å². The molecule has 3 aromatic rings. The van der Waals surface area contributed by atoms with E-state index in [0.29, 0.717) is 56.7 Å². The molecule has 52 heavy (non-hydrogen) atoms. The summed E-state index contributed by atoms with van der Waals surface area (Å²) in [4.78, 5) is 35.7. The molecule has 1 atom stereocenters. The quantitative estimate of drug-likeness (QED) is 0.262. The molecule has 15 heteroatoms. The van der Waals surface area contributed by atoms with Gasteiger partial charge in [-0.2, -0.15) is 4.31 Å². The van der Waals surface area contributed by atoms with Crippen LogP contribution in [0.5, 0.6) is 17.2 Å². The maximum atomic E-state index is 15.2. The maximum absolute atomic E-state index is 15.2. The van der Waals surface area contributed by atoms with E-state index < -0.39 is 27.6 Å². The number of amides is 2. The minimum Gasteiger partial charge on any atom is -0.497 e. The van der Waals surface area contributed by atoms with Gasteiger partial charge in [-0.1, -0.05) is 31.2 Å². The van der Waals surface area contributed by atoms with Crippen LogP contribution >= 0.6 is 24.8 Å². The van der Waals surface area contributed by atoms with Crippen molar-refractivity contribution in [3.63, 3.8) is 0 Å². The first-order chi connectivity index (χ1) is 24.0. The first-order valence-electron chi connectivity index (χ1n) is 17.1. The number of rotatable bonds is 10. The highest BCUT2D eigenvalue weighted by atomic mass is 35.5. The second kappa shape index (κ2) is 16.9. The highest BCUT2D eigenvalue weighted by Crippen LogP contribution is 2.53. The van der Waals surface area contributed by atoms with Crippen LogP contribution in [-0.4, -0.2) is 108 Å². The number of para-hydroxylation sites is 1. The SMILES string of the molecule is CCCOc1ccccc1C1(OC(=O)N2CCN(C3CCN(C)CC3)CC2)C(=O)N(S(=O)(=O)c2ccc(C)cc2OC)c2ccc(OC)cc21.Cl.Cl. The number of carbonyl (C=O) groups excluding carboxylic acids is 2. The number of carbonyl (C=O) groups is 2. The summed E-state index contributed by atoms with van der Waals surface area (Å²) in [5.74, 6) is -0.253. The van der Waals surface area contributed by atoms with E-state index in [1.54, 1.807) is 53.4 Å². The van der Waals surface area contributed by atoms with E-state index in [1.807, 2.05) is 13.8 Å². The molecule has 0 bridgehead atoms. The Kier molecular flexibility index (Phi) is 13.4. The van der Waals surface area contributed by atoms with Gasteiger partial charge in [0.25, 0.3) is 15.9 Å². The van der Waals surface area contributed by atoms with Gasteiger partial charge in [0.1, 0.15) is 22.1 Å². The van der Waals surface area contributed by atoms with Crippen LogP contribution in [0, 0.1) is 6.92 Å². The van der Waals surface area contributed by atoms with Crippen LogP contribution in [0.4, 0.5) is 10.5 Å². The van der Waals surface area contributed by atoms with Crippen molar-refractivity contribution in [3.05, 3.63) is 77.4 Å². The molecule has 0 N–H and O–H groups in total. The van der Waals surface area contributed by atoms with Crippen LogP contribution in [0.1, 0.15) is 42.9 Å². The summed E-state index contributed by atoms with van der Waals surface area (Å²) >= 11 is 0. The van der Waals surface area contributed by atoms with Gasteiger partial charge in [0.2, 0.25) is 5.60 Å². The van der Waals surface area contributed by atoms with Gasteiger partial charge in [-0.25, -0.2) is 13.2 Å². The molecule has 0 aliphatic carbocycles. The summed E-state index contributed by atoms with van der Waals surface area (Å²) in [6.45, 7) is 8.29. The van der Waals surface area contributed by atoms with E-state index in [2.05, 4.69) is 16.8 Å². The Morgan fingerprint density at radius 1 is 0.865 bits per heavy atom. The van der Waals surface area contributed by atoms with Crippen LogP contribution < -0.4 is 18.5 Å². The summed E-state index contributed by atoms with van der Waals surface area (Å²) in [6.07, 6.45) is 2.09. The number of hydrogen-bond acceptors (Lipinski definition) is 10. The second-order valence-corrected chi connectivity index (χ2v) is 14.8. The molecule has 2 saturated heterocycles. The van der Waals surface area contributed by atoms with Crippen molar-refractivity contribution in [3.8, 4) is 17.2 Å². The number of sulfonamides is 1. The van der Waals surface area contributed by atoms with Crippen molar-refractivity contribution in [2.24, 2.45) is 0 Å². The molecule has 0 aromatic heterocycles. The van der Waals surface area contributed by atoms with E-state index in [-0.39, 0.29) is 52.3 Å². The molecular formula is C37H48Cl2N4O8S. The minimum absolute atomic E-state index is 0. The van der Waals surface area contributed by atoms with Crippen LogP contribution in [0.2, 0.25) is 0 Å². The van der Waals surface area contributed by atoms with Gasteiger partial charge in [0.15, 0.2) is 0 Å². The largest absolute Gasteiger partial charge is 0.497 e. The van der Waals surface area contributed by atoms with Gasteiger partial charge in [-0.15, -0.1) is 24.8 Å². The van der Waals surface area contributed by atoms with E-state index in [1.165, 1.54) is 26.4 Å². The first-order valence-corrected chi connectivity index (χ1v) is 18.5. The van der Waals surface area contributed by atoms with E-state index in [0.717, 1.165) is 35.8 Å². The van der Waals surface area contributed by atoms with Crippen molar-refractivity contribution in [1.82, 2.24) is 14.7 Å². The zero-order valence-corrected chi connectivity index (χ0v) is 32.7. The molecule has 2 amide bonds. The van der Waals surface area contributed by atoms with Gasteiger partial charge < -0.3 is 28.7 Å². The fourth-order valence-electron chi connectivity index (χ4n) is 7.13.